The molecule has 0 spiro atoms. The van der Waals surface area contributed by atoms with Crippen molar-refractivity contribution in [3.8, 4) is 33.9 Å². The number of alkyl carbamates (subject to hydrolysis) is 2. The Morgan fingerprint density at radius 1 is 0.750 bits per heavy atom. The number of ether oxygens (including phenoxy) is 5. The minimum absolute atomic E-state index is 0.115. The van der Waals surface area contributed by atoms with E-state index in [0.29, 0.717) is 49.8 Å². The number of aromatic amines is 1. The quantitative estimate of drug-likeness (QED) is 0.121. The first-order valence-corrected chi connectivity index (χ1v) is 26.4. The number of H-pyrrole nitrogens is 1. The SMILES string of the molecule is CC(C)[C@H](NC(=O)OC(C)(C)C)C(=O)N1CCC[C@H]1c1ncc(-c2ccc(-c3ccc(C4=CN=C([C@@H]5C[C@@H](OC(=O)N6Cc7ccc8c(c7C6)OCO8)CN5C(=O)[C@@H](NC(=O)OC(C)(C)C)C(C)(C)C)C4)cc3)cc2)[nH]1. The zero-order valence-electron chi connectivity index (χ0n) is 45.6. The predicted molar refractivity (Wildman–Crippen MR) is 286 cm³/mol. The summed E-state index contributed by atoms with van der Waals surface area (Å²) in [6, 6.07) is 17.9. The molecule has 2 saturated heterocycles. The van der Waals surface area contributed by atoms with Gasteiger partial charge in [-0.15, -0.1) is 0 Å². The summed E-state index contributed by atoms with van der Waals surface area (Å²) in [5.74, 6) is 1.39. The summed E-state index contributed by atoms with van der Waals surface area (Å²) >= 11 is 0. The van der Waals surface area contributed by atoms with Crippen molar-refractivity contribution in [3.05, 3.63) is 95.6 Å². The maximum Gasteiger partial charge on any atom is 0.410 e. The smallest absolute Gasteiger partial charge is 0.410 e. The molecule has 76 heavy (non-hydrogen) atoms. The van der Waals surface area contributed by atoms with E-state index in [0.717, 1.165) is 63.2 Å². The van der Waals surface area contributed by atoms with Crippen LogP contribution < -0.4 is 20.1 Å². The number of benzene rings is 3. The third-order valence-electron chi connectivity index (χ3n) is 14.3. The fourth-order valence-electron chi connectivity index (χ4n) is 10.5. The number of aliphatic imine (C=N–C) groups is 1. The number of hydrogen-bond acceptors (Lipinski definition) is 12. The Kier molecular flexibility index (Phi) is 14.8. The van der Waals surface area contributed by atoms with Gasteiger partial charge in [-0.2, -0.15) is 0 Å². The number of hydrogen-bond donors (Lipinski definition) is 3. The van der Waals surface area contributed by atoms with E-state index in [1.807, 2.05) is 70.0 Å². The van der Waals surface area contributed by atoms with Crippen molar-refractivity contribution in [1.29, 1.82) is 0 Å². The highest BCUT2D eigenvalue weighted by molar-refractivity contribution is 6.04. The molecule has 6 heterocycles. The molecule has 5 amide bonds. The predicted octanol–water partition coefficient (Wildman–Crippen LogP) is 9.93. The summed E-state index contributed by atoms with van der Waals surface area (Å²) in [7, 11) is 0. The van der Waals surface area contributed by atoms with Gasteiger partial charge in [0.1, 0.15) is 35.2 Å². The molecule has 9 rings (SSSR count). The van der Waals surface area contributed by atoms with E-state index in [9.17, 15) is 24.0 Å². The summed E-state index contributed by atoms with van der Waals surface area (Å²) < 4.78 is 28.5. The van der Waals surface area contributed by atoms with E-state index in [2.05, 4.69) is 52.0 Å². The van der Waals surface area contributed by atoms with E-state index in [4.69, 9.17) is 33.7 Å². The second kappa shape index (κ2) is 21.0. The molecule has 3 aromatic carbocycles. The summed E-state index contributed by atoms with van der Waals surface area (Å²) in [6.45, 7) is 21.7. The van der Waals surface area contributed by atoms with Crippen LogP contribution in [0, 0.1) is 11.3 Å². The first kappa shape index (κ1) is 53.5. The van der Waals surface area contributed by atoms with Crippen LogP contribution in [0.2, 0.25) is 0 Å². The molecule has 2 fully saturated rings. The molecule has 0 aliphatic carbocycles. The van der Waals surface area contributed by atoms with E-state index in [-0.39, 0.29) is 37.1 Å². The molecule has 4 aromatic rings. The average molecular weight is 1040 g/mol. The van der Waals surface area contributed by atoms with Gasteiger partial charge < -0.3 is 49.1 Å². The van der Waals surface area contributed by atoms with Crippen LogP contribution >= 0.6 is 0 Å². The van der Waals surface area contributed by atoms with Gasteiger partial charge in [0.2, 0.25) is 18.6 Å². The van der Waals surface area contributed by atoms with Gasteiger partial charge in [0.15, 0.2) is 11.5 Å². The number of fused-ring (bicyclic) bond motifs is 3. The molecule has 5 aliphatic heterocycles. The van der Waals surface area contributed by atoms with Gasteiger partial charge >= 0.3 is 18.3 Å². The number of amides is 5. The fourth-order valence-corrected chi connectivity index (χ4v) is 10.5. The number of allylic oxidation sites excluding steroid dienone is 1. The lowest BCUT2D eigenvalue weighted by Gasteiger charge is -2.36. The largest absolute Gasteiger partial charge is 0.454 e. The number of carbonyl (C=O) groups excluding carboxylic acids is 5. The number of nitrogens with zero attached hydrogens (tertiary/aromatic N) is 5. The maximum absolute atomic E-state index is 14.8. The maximum atomic E-state index is 14.8. The van der Waals surface area contributed by atoms with Crippen molar-refractivity contribution in [2.75, 3.05) is 19.9 Å². The number of nitrogens with one attached hydrogen (secondary N) is 3. The number of rotatable bonds is 11. The highest BCUT2D eigenvalue weighted by atomic mass is 16.7. The lowest BCUT2D eigenvalue weighted by atomic mass is 9.85. The van der Waals surface area contributed by atoms with Gasteiger partial charge in [0, 0.05) is 43.4 Å². The van der Waals surface area contributed by atoms with Crippen LogP contribution in [0.3, 0.4) is 0 Å². The fraction of sp³-hybridized carbons (Fsp3) is 0.500. The Bertz CT molecular complexity index is 2920. The molecule has 0 unspecified atom stereocenters. The molecule has 18 heteroatoms. The van der Waals surface area contributed by atoms with Crippen molar-refractivity contribution in [3.63, 3.8) is 0 Å². The minimum Gasteiger partial charge on any atom is -0.454 e. The number of aromatic nitrogens is 2. The molecule has 0 bridgehead atoms. The third-order valence-corrected chi connectivity index (χ3v) is 14.3. The van der Waals surface area contributed by atoms with Gasteiger partial charge in [-0.05, 0) is 105 Å². The van der Waals surface area contributed by atoms with E-state index in [1.54, 1.807) is 57.5 Å². The van der Waals surface area contributed by atoms with Crippen molar-refractivity contribution < 1.29 is 47.7 Å². The molecule has 1 aromatic heterocycles. The minimum atomic E-state index is -0.954. The van der Waals surface area contributed by atoms with Crippen molar-refractivity contribution in [1.82, 2.24) is 35.3 Å². The van der Waals surface area contributed by atoms with Crippen molar-refractivity contribution in [2.24, 2.45) is 16.3 Å². The molecule has 5 aliphatic rings. The van der Waals surface area contributed by atoms with Crippen LogP contribution in [0.4, 0.5) is 14.4 Å². The van der Waals surface area contributed by atoms with Crippen LogP contribution in [0.5, 0.6) is 11.5 Å². The van der Waals surface area contributed by atoms with Crippen molar-refractivity contribution in [2.45, 2.75) is 156 Å². The lowest BCUT2D eigenvalue weighted by molar-refractivity contribution is -0.136. The Hall–Kier alpha value is -7.37. The van der Waals surface area contributed by atoms with Crippen LogP contribution in [-0.4, -0.2) is 116 Å². The zero-order chi connectivity index (χ0) is 54.4. The first-order chi connectivity index (χ1) is 35.9. The zero-order valence-corrected chi connectivity index (χ0v) is 45.6. The van der Waals surface area contributed by atoms with Crippen LogP contribution in [0.25, 0.3) is 28.0 Å². The highest BCUT2D eigenvalue weighted by Gasteiger charge is 2.47. The molecular weight excluding hydrogens is 969 g/mol. The van der Waals surface area contributed by atoms with Crippen LogP contribution in [-0.2, 0) is 36.9 Å². The number of likely N-dealkylation sites (tertiary alicyclic amines) is 2. The molecule has 5 atom stereocenters. The first-order valence-electron chi connectivity index (χ1n) is 26.4. The Labute approximate surface area is 444 Å². The number of carbonyl (C=O) groups is 5. The van der Waals surface area contributed by atoms with Gasteiger partial charge in [0.25, 0.3) is 0 Å². The van der Waals surface area contributed by atoms with Gasteiger partial charge in [-0.3, -0.25) is 19.5 Å². The summed E-state index contributed by atoms with van der Waals surface area (Å²) in [5, 5.41) is 5.66. The molecule has 3 N–H and O–H groups in total. The molecule has 0 saturated carbocycles. The van der Waals surface area contributed by atoms with Gasteiger partial charge in [-0.25, -0.2) is 19.4 Å². The summed E-state index contributed by atoms with van der Waals surface area (Å²) in [4.78, 5) is 86.7. The Balaban J connectivity index is 0.855. The molecule has 0 radical (unpaired) electrons. The van der Waals surface area contributed by atoms with Crippen LogP contribution in [0.15, 0.2) is 78.1 Å². The monoisotopic (exact) mass is 1040 g/mol. The van der Waals surface area contributed by atoms with Gasteiger partial charge in [-0.1, -0.05) is 89.2 Å². The summed E-state index contributed by atoms with van der Waals surface area (Å²) in [5.41, 5.74) is 6.26. The van der Waals surface area contributed by atoms with Crippen LogP contribution in [0.1, 0.15) is 130 Å². The molecule has 404 valence electrons. The number of imidazole rings is 1. The molecular formula is C58H72N8O10. The van der Waals surface area contributed by atoms with E-state index < -0.39 is 59.1 Å². The van der Waals surface area contributed by atoms with Gasteiger partial charge in [0.05, 0.1) is 37.1 Å². The second-order valence-electron chi connectivity index (χ2n) is 23.8. The molecule has 18 nitrogen and oxygen atoms in total. The normalized spacial score (nSPS) is 20.0. The Morgan fingerprint density at radius 2 is 1.39 bits per heavy atom. The third kappa shape index (κ3) is 11.8. The lowest BCUT2D eigenvalue weighted by Crippen LogP contribution is -2.57. The average Bonchev–Trinajstić information content (AvgIpc) is 4.22. The standard InChI is InChI=1S/C58H72N8O10/c1-33(2)47(62-53(69)75-57(6,7)8)51(67)65-24-12-13-44(65)50-60-28-43(61-50)37-20-18-35(19-21-37)34-14-16-36(17-15-34)39-25-42(59-27-39)45-26-40(30-66(45)52(68)49(56(3,4)5)63-54(70)76-58(9,10)11)74-55(71)64-29-38-22-23-46-48(41(38)31-64)73-32-72-46/h14-23,27-28,33,40,44-45,47,49H,12-13,24-26,29-32H2,1-11H3,(H,60,61)(H,62,69)(H,63,70)/t40-,44+,45+,47+,49-/m1/s1. The topological polar surface area (TPSA) is 206 Å². The Morgan fingerprint density at radius 3 is 2.04 bits per heavy atom. The second-order valence-corrected chi connectivity index (χ2v) is 23.8. The highest BCUT2D eigenvalue weighted by Crippen LogP contribution is 2.42. The van der Waals surface area contributed by atoms with E-state index >= 15 is 0 Å². The summed E-state index contributed by atoms with van der Waals surface area (Å²) in [6.07, 6.45) is 3.57. The van der Waals surface area contributed by atoms with Crippen molar-refractivity contribution >= 4 is 41.4 Å². The van der Waals surface area contributed by atoms with E-state index in [1.165, 1.54) is 0 Å².